The van der Waals surface area contributed by atoms with Crippen molar-refractivity contribution in [2.24, 2.45) is 35.5 Å². The third-order valence-electron chi connectivity index (χ3n) is 15.1. The molecule has 0 spiro atoms. The van der Waals surface area contributed by atoms with Crippen LogP contribution in [0.3, 0.4) is 0 Å². The largest absolute Gasteiger partial charge is 0.460 e. The van der Waals surface area contributed by atoms with Gasteiger partial charge in [0.15, 0.2) is 12.1 Å². The smallest absolute Gasteiger partial charge is 0.329 e. The topological polar surface area (TPSA) is 219 Å². The van der Waals surface area contributed by atoms with E-state index in [1.165, 1.54) is 18.3 Å². The normalized spacial score (nSPS) is 38.8. The second-order valence-electron chi connectivity index (χ2n) is 20.3. The Labute approximate surface area is 408 Å². The fourth-order valence-corrected chi connectivity index (χ4v) is 10.7. The van der Waals surface area contributed by atoms with Crippen molar-refractivity contribution in [3.63, 3.8) is 0 Å². The summed E-state index contributed by atoms with van der Waals surface area (Å²) >= 11 is 0. The minimum Gasteiger partial charge on any atom is -0.460 e. The SMILES string of the molecule is CO[C@H]1C[C@@H]2CC[C@@H](C)[C@@](O)(O2)C(=O)C(=O)N2CCCCC2C(=O)O[C@H]([C@H](C)C[C@@H]2CC[C@H](n3ncnn3)[C@H](OC)C2)CC(=O)[C@H](C)/C=C(\C)[C@@H](O)[C@@H](OC)C(=O)[C@@H](C)C[C@H](C)\C=C/C=C/C=C/1C. The number of ether oxygens (including phenoxy) is 5. The third kappa shape index (κ3) is 14.2. The van der Waals surface area contributed by atoms with Crippen molar-refractivity contribution in [1.82, 2.24) is 25.1 Å². The number of fused-ring (bicyclic) bond motifs is 3. The van der Waals surface area contributed by atoms with Gasteiger partial charge in [-0.3, -0.25) is 19.2 Å². The van der Waals surface area contributed by atoms with Gasteiger partial charge in [-0.25, -0.2) is 4.79 Å². The highest BCUT2D eigenvalue weighted by atomic mass is 16.6. The molecule has 17 nitrogen and oxygen atoms in total. The number of tetrazole rings is 1. The van der Waals surface area contributed by atoms with Gasteiger partial charge in [0.1, 0.15) is 30.1 Å². The highest BCUT2D eigenvalue weighted by molar-refractivity contribution is 6.39. The van der Waals surface area contributed by atoms with Crippen LogP contribution in [-0.2, 0) is 47.7 Å². The molecule has 0 aromatic carbocycles. The number of cyclic esters (lactones) is 1. The van der Waals surface area contributed by atoms with Crippen molar-refractivity contribution in [2.75, 3.05) is 27.9 Å². The highest BCUT2D eigenvalue weighted by Crippen LogP contribution is 2.39. The molecule has 1 amide bonds. The number of allylic oxidation sites excluding steroid dienone is 6. The molecular weight excluding hydrogens is 887 g/mol. The van der Waals surface area contributed by atoms with Crippen molar-refractivity contribution >= 4 is 29.2 Å². The molecule has 3 aliphatic heterocycles. The minimum atomic E-state index is -2.43. The zero-order valence-electron chi connectivity index (χ0n) is 42.5. The lowest BCUT2D eigenvalue weighted by Crippen LogP contribution is -2.61. The zero-order valence-corrected chi connectivity index (χ0v) is 42.5. The minimum absolute atomic E-state index is 0.0168. The fourth-order valence-electron chi connectivity index (χ4n) is 10.7. The second kappa shape index (κ2) is 25.7. The average molecular weight is 966 g/mol. The Morgan fingerprint density at radius 3 is 2.32 bits per heavy atom. The standard InChI is InChI=1S/C52H79N5O12/c1-31-16-12-11-13-17-32(2)43(65-8)28-39-21-19-37(7)52(64,69-39)49(61)50(62)56-23-15-14-18-41(56)51(63)68-44(34(4)26-38-20-22-40(45(27-38)66-9)57-54-30-53-55-57)29-42(58)33(3)25-36(6)47(60)48(67-10)46(59)35(5)24-31/h11-13,16-17,25,30-31,33-35,37-41,43-45,47-48,60,64H,14-15,18-24,26-29H2,1-10H3/b13-11+,16-12-,32-17+,36-25+/t31-,33-,34-,35+,37-,38+,39+,40+,41?,43+,44+,45-,47-,48+,52-/m1/s1. The molecule has 4 heterocycles. The van der Waals surface area contributed by atoms with Crippen molar-refractivity contribution in [3.05, 3.63) is 53.9 Å². The summed E-state index contributed by atoms with van der Waals surface area (Å²) in [6.07, 6.45) is 13.7. The quantitative estimate of drug-likeness (QED) is 0.181. The molecule has 69 heavy (non-hydrogen) atoms. The van der Waals surface area contributed by atoms with Gasteiger partial charge in [-0.05, 0) is 112 Å². The number of carbonyl (C=O) groups is 5. The zero-order chi connectivity index (χ0) is 50.6. The molecule has 3 fully saturated rings. The number of methoxy groups -OCH3 is 3. The number of aliphatic hydroxyl groups is 2. The maximum Gasteiger partial charge on any atom is 0.329 e. The molecule has 4 aliphatic rings. The Balaban J connectivity index is 1.46. The number of carbonyl (C=O) groups excluding carboxylic acids is 5. The van der Waals surface area contributed by atoms with Gasteiger partial charge in [0.05, 0.1) is 24.4 Å². The number of Topliss-reactive ketones (excluding diaryl/α,β-unsaturated/α-hetero) is 3. The maximum atomic E-state index is 14.5. The summed E-state index contributed by atoms with van der Waals surface area (Å²) in [5, 5.41) is 35.7. The molecule has 1 saturated carbocycles. The van der Waals surface area contributed by atoms with Gasteiger partial charge in [0.2, 0.25) is 5.79 Å². The lowest BCUT2D eigenvalue weighted by Gasteiger charge is -2.42. The molecule has 2 bridgehead atoms. The number of nitrogens with zero attached hydrogens (tertiary/aromatic N) is 5. The molecule has 1 aromatic heterocycles. The van der Waals surface area contributed by atoms with Gasteiger partial charge in [0.25, 0.3) is 11.7 Å². The first-order chi connectivity index (χ1) is 32.8. The van der Waals surface area contributed by atoms with Crippen LogP contribution >= 0.6 is 0 Å². The van der Waals surface area contributed by atoms with Gasteiger partial charge in [-0.15, -0.1) is 10.2 Å². The van der Waals surface area contributed by atoms with Crippen LogP contribution in [0, 0.1) is 35.5 Å². The first kappa shape index (κ1) is 55.7. The van der Waals surface area contributed by atoms with Crippen LogP contribution < -0.4 is 0 Å². The second-order valence-corrected chi connectivity index (χ2v) is 20.3. The summed E-state index contributed by atoms with van der Waals surface area (Å²) in [7, 11) is 4.61. The third-order valence-corrected chi connectivity index (χ3v) is 15.1. The first-order valence-corrected chi connectivity index (χ1v) is 25.0. The van der Waals surface area contributed by atoms with E-state index in [2.05, 4.69) is 15.4 Å². The van der Waals surface area contributed by atoms with Gasteiger partial charge in [-0.2, -0.15) is 4.80 Å². The summed E-state index contributed by atoms with van der Waals surface area (Å²) in [6.45, 7) is 12.8. The molecule has 1 unspecified atom stereocenters. The fraction of sp³-hybridized carbons (Fsp3) is 0.731. The van der Waals surface area contributed by atoms with Crippen LogP contribution in [0.5, 0.6) is 0 Å². The van der Waals surface area contributed by atoms with Crippen molar-refractivity contribution in [2.45, 2.75) is 180 Å². The van der Waals surface area contributed by atoms with E-state index < -0.39 is 77.8 Å². The molecular formula is C52H79N5O12. The number of aliphatic hydroxyl groups excluding tert-OH is 1. The number of hydrogen-bond donors (Lipinski definition) is 2. The van der Waals surface area contributed by atoms with Crippen LogP contribution in [0.4, 0.5) is 0 Å². The predicted molar refractivity (Wildman–Crippen MR) is 256 cm³/mol. The highest BCUT2D eigenvalue weighted by Gasteiger charge is 2.53. The lowest BCUT2D eigenvalue weighted by atomic mass is 9.77. The van der Waals surface area contributed by atoms with E-state index >= 15 is 0 Å². The van der Waals surface area contributed by atoms with Crippen LogP contribution in [-0.4, -0.2) is 141 Å². The number of amides is 1. The van der Waals surface area contributed by atoms with Gasteiger partial charge in [0, 0.05) is 58.5 Å². The Morgan fingerprint density at radius 1 is 0.884 bits per heavy atom. The van der Waals surface area contributed by atoms with E-state index in [4.69, 9.17) is 23.7 Å². The van der Waals surface area contributed by atoms with Crippen molar-refractivity contribution in [1.29, 1.82) is 0 Å². The van der Waals surface area contributed by atoms with Crippen LogP contribution in [0.2, 0.25) is 0 Å². The Morgan fingerprint density at radius 2 is 1.64 bits per heavy atom. The molecule has 2 saturated heterocycles. The number of rotatable bonds is 7. The Hall–Kier alpha value is -4.26. The molecule has 1 aliphatic carbocycles. The van der Waals surface area contributed by atoms with E-state index in [-0.39, 0.29) is 60.9 Å². The van der Waals surface area contributed by atoms with Gasteiger partial charge >= 0.3 is 5.97 Å². The molecule has 1 aromatic rings. The molecule has 15 atom stereocenters. The van der Waals surface area contributed by atoms with E-state index in [9.17, 15) is 34.2 Å². The van der Waals surface area contributed by atoms with E-state index in [1.54, 1.807) is 45.9 Å². The summed E-state index contributed by atoms with van der Waals surface area (Å²) in [6, 6.07) is -1.24. The average Bonchev–Trinajstić information content (AvgIpc) is 3.88. The monoisotopic (exact) mass is 966 g/mol. The summed E-state index contributed by atoms with van der Waals surface area (Å²) in [5.74, 6) is -7.94. The number of esters is 1. The number of hydrogen-bond acceptors (Lipinski definition) is 15. The number of piperidine rings is 1. The van der Waals surface area contributed by atoms with Gasteiger partial charge < -0.3 is 38.8 Å². The van der Waals surface area contributed by atoms with E-state index in [0.29, 0.717) is 56.9 Å². The lowest BCUT2D eigenvalue weighted by molar-refractivity contribution is -0.265. The summed E-state index contributed by atoms with van der Waals surface area (Å²) < 4.78 is 29.9. The van der Waals surface area contributed by atoms with Gasteiger partial charge in [-0.1, -0.05) is 71.1 Å². The van der Waals surface area contributed by atoms with E-state index in [1.807, 2.05) is 58.1 Å². The maximum absolute atomic E-state index is 14.5. The summed E-state index contributed by atoms with van der Waals surface area (Å²) in [4.78, 5) is 73.9. The molecule has 384 valence electrons. The molecule has 17 heteroatoms. The number of aromatic nitrogens is 4. The van der Waals surface area contributed by atoms with Crippen molar-refractivity contribution in [3.8, 4) is 0 Å². The molecule has 5 rings (SSSR count). The molecule has 0 radical (unpaired) electrons. The molecule has 2 N–H and O–H groups in total. The number of ketones is 3. The summed E-state index contributed by atoms with van der Waals surface area (Å²) in [5.41, 5.74) is 1.27. The van der Waals surface area contributed by atoms with Crippen LogP contribution in [0.25, 0.3) is 0 Å². The first-order valence-electron chi connectivity index (χ1n) is 25.0. The van der Waals surface area contributed by atoms with E-state index in [0.717, 1.165) is 18.4 Å². The predicted octanol–water partition coefficient (Wildman–Crippen LogP) is 6.05. The van der Waals surface area contributed by atoms with Crippen LogP contribution in [0.15, 0.2) is 53.9 Å². The Bertz CT molecular complexity index is 2020. The van der Waals surface area contributed by atoms with Crippen molar-refractivity contribution < 1.29 is 57.9 Å². The van der Waals surface area contributed by atoms with Crippen LogP contribution in [0.1, 0.15) is 132 Å². The Kier molecular flexibility index (Phi) is 20.8.